The fourth-order valence-corrected chi connectivity index (χ4v) is 2.18. The summed E-state index contributed by atoms with van der Waals surface area (Å²) in [6, 6.07) is 5.80. The van der Waals surface area contributed by atoms with Crippen molar-refractivity contribution < 1.29 is 14.6 Å². The summed E-state index contributed by atoms with van der Waals surface area (Å²) in [5, 5.41) is 15.2. The van der Waals surface area contributed by atoms with Crippen LogP contribution in [0.25, 0.3) is 0 Å². The van der Waals surface area contributed by atoms with Gasteiger partial charge in [0.1, 0.15) is 5.75 Å². The van der Waals surface area contributed by atoms with Gasteiger partial charge in [-0.3, -0.25) is 4.79 Å². The number of carbonyl (C=O) groups excluding carboxylic acids is 1. The molecule has 0 spiro atoms. The minimum absolute atomic E-state index is 0.0697. The molecule has 1 aromatic rings. The molecular formula is C15H22N2O3. The number of amides is 1. The number of fused-ring (bicyclic) bond motifs is 1. The van der Waals surface area contributed by atoms with Gasteiger partial charge in [-0.15, -0.1) is 0 Å². The average molecular weight is 278 g/mol. The quantitative estimate of drug-likeness (QED) is 0.738. The first-order valence-electron chi connectivity index (χ1n) is 6.87. The molecule has 0 aromatic heterocycles. The molecule has 0 aliphatic carbocycles. The van der Waals surface area contributed by atoms with Gasteiger partial charge in [0.2, 0.25) is 0 Å². The fraction of sp³-hybridized carbons (Fsp3) is 0.533. The Morgan fingerprint density at radius 2 is 2.25 bits per heavy atom. The molecule has 0 bridgehead atoms. The summed E-state index contributed by atoms with van der Waals surface area (Å²) in [4.78, 5) is 11.3. The van der Waals surface area contributed by atoms with Crippen LogP contribution < -0.4 is 15.4 Å². The van der Waals surface area contributed by atoms with Crippen LogP contribution in [0.15, 0.2) is 18.2 Å². The van der Waals surface area contributed by atoms with E-state index in [0.717, 1.165) is 30.8 Å². The molecule has 0 fully saturated rings. The number of rotatable bonds is 6. The highest BCUT2D eigenvalue weighted by Gasteiger charge is 2.18. The van der Waals surface area contributed by atoms with Gasteiger partial charge in [-0.2, -0.15) is 0 Å². The monoisotopic (exact) mass is 278 g/mol. The third-order valence-electron chi connectivity index (χ3n) is 3.40. The van der Waals surface area contributed by atoms with Crippen molar-refractivity contribution in [2.24, 2.45) is 5.41 Å². The number of carbonyl (C=O) groups is 1. The Hall–Kier alpha value is -1.59. The van der Waals surface area contributed by atoms with Gasteiger partial charge in [0.15, 0.2) is 6.61 Å². The SMILES string of the molecule is CC(C)(CCO)CNCc1ccc2c(c1)NC(=O)CO2. The highest BCUT2D eigenvalue weighted by molar-refractivity contribution is 5.95. The first kappa shape index (κ1) is 14.8. The summed E-state index contributed by atoms with van der Waals surface area (Å²) in [7, 11) is 0. The molecule has 5 nitrogen and oxygen atoms in total. The molecular weight excluding hydrogens is 256 g/mol. The molecule has 5 heteroatoms. The Balaban J connectivity index is 1.91. The minimum atomic E-state index is -0.119. The average Bonchev–Trinajstić information content (AvgIpc) is 2.38. The molecule has 2 rings (SSSR count). The normalized spacial score (nSPS) is 14.4. The maximum atomic E-state index is 11.3. The van der Waals surface area contributed by atoms with E-state index in [1.165, 1.54) is 0 Å². The van der Waals surface area contributed by atoms with Gasteiger partial charge in [-0.1, -0.05) is 19.9 Å². The predicted molar refractivity (Wildman–Crippen MR) is 77.8 cm³/mol. The van der Waals surface area contributed by atoms with Gasteiger partial charge < -0.3 is 20.5 Å². The standard InChI is InChI=1S/C15H22N2O3/c1-15(2,5-6-18)10-16-8-11-3-4-13-12(7-11)17-14(19)9-20-13/h3-4,7,16,18H,5-6,8-10H2,1-2H3,(H,17,19). The summed E-state index contributed by atoms with van der Waals surface area (Å²) < 4.78 is 5.32. The maximum absolute atomic E-state index is 11.3. The van der Waals surface area contributed by atoms with Gasteiger partial charge in [0, 0.05) is 19.7 Å². The van der Waals surface area contributed by atoms with Crippen LogP contribution in [0.5, 0.6) is 5.75 Å². The van der Waals surface area contributed by atoms with Crippen LogP contribution in [0.3, 0.4) is 0 Å². The van der Waals surface area contributed by atoms with Gasteiger partial charge in [-0.05, 0) is 29.5 Å². The number of aliphatic hydroxyl groups excluding tert-OH is 1. The first-order valence-corrected chi connectivity index (χ1v) is 6.87. The van der Waals surface area contributed by atoms with E-state index in [2.05, 4.69) is 24.5 Å². The Bertz CT molecular complexity index is 486. The van der Waals surface area contributed by atoms with Crippen LogP contribution in [-0.4, -0.2) is 30.8 Å². The lowest BCUT2D eigenvalue weighted by Gasteiger charge is -2.24. The van der Waals surface area contributed by atoms with Crippen LogP contribution in [0.1, 0.15) is 25.8 Å². The summed E-state index contributed by atoms with van der Waals surface area (Å²) in [5.74, 6) is 0.598. The number of ether oxygens (including phenoxy) is 1. The molecule has 20 heavy (non-hydrogen) atoms. The molecule has 0 saturated heterocycles. The third-order valence-corrected chi connectivity index (χ3v) is 3.40. The van der Waals surface area contributed by atoms with Gasteiger partial charge in [0.05, 0.1) is 5.69 Å². The molecule has 0 saturated carbocycles. The second-order valence-electron chi connectivity index (χ2n) is 5.91. The van der Waals surface area contributed by atoms with E-state index < -0.39 is 0 Å². The Morgan fingerprint density at radius 3 is 3.00 bits per heavy atom. The number of anilines is 1. The minimum Gasteiger partial charge on any atom is -0.482 e. The van der Waals surface area contributed by atoms with E-state index >= 15 is 0 Å². The topological polar surface area (TPSA) is 70.6 Å². The Morgan fingerprint density at radius 1 is 1.45 bits per heavy atom. The molecule has 0 radical (unpaired) electrons. The van der Waals surface area contributed by atoms with E-state index in [0.29, 0.717) is 5.75 Å². The predicted octanol–water partition coefficient (Wildman–Crippen LogP) is 1.52. The highest BCUT2D eigenvalue weighted by atomic mass is 16.5. The van der Waals surface area contributed by atoms with Gasteiger partial charge in [0.25, 0.3) is 5.91 Å². The van der Waals surface area contributed by atoms with E-state index in [9.17, 15) is 4.79 Å². The Kier molecular flexibility index (Phi) is 4.62. The van der Waals surface area contributed by atoms with Gasteiger partial charge >= 0.3 is 0 Å². The highest BCUT2D eigenvalue weighted by Crippen LogP contribution is 2.28. The number of hydrogen-bond acceptors (Lipinski definition) is 4. The van der Waals surface area contributed by atoms with E-state index in [1.54, 1.807) is 0 Å². The molecule has 0 unspecified atom stereocenters. The van der Waals surface area contributed by atoms with Crippen LogP contribution in [0.2, 0.25) is 0 Å². The smallest absolute Gasteiger partial charge is 0.262 e. The first-order chi connectivity index (χ1) is 9.50. The molecule has 1 aliphatic rings. The van der Waals surface area contributed by atoms with Gasteiger partial charge in [-0.25, -0.2) is 0 Å². The lowest BCUT2D eigenvalue weighted by molar-refractivity contribution is -0.118. The zero-order valence-corrected chi connectivity index (χ0v) is 12.0. The van der Waals surface area contributed by atoms with Crippen LogP contribution in [0.4, 0.5) is 5.69 Å². The van der Waals surface area contributed by atoms with Crippen molar-refractivity contribution in [1.82, 2.24) is 5.32 Å². The summed E-state index contributed by atoms with van der Waals surface area (Å²) in [6.45, 7) is 6.08. The van der Waals surface area contributed by atoms with E-state index in [1.807, 2.05) is 18.2 Å². The van der Waals surface area contributed by atoms with Crippen molar-refractivity contribution in [3.05, 3.63) is 23.8 Å². The summed E-state index contributed by atoms with van der Waals surface area (Å²) >= 11 is 0. The zero-order chi connectivity index (χ0) is 14.6. The molecule has 3 N–H and O–H groups in total. The van der Waals surface area contributed by atoms with Crippen molar-refractivity contribution >= 4 is 11.6 Å². The summed E-state index contributed by atoms with van der Waals surface area (Å²) in [6.07, 6.45) is 0.772. The van der Waals surface area contributed by atoms with Crippen LogP contribution >= 0.6 is 0 Å². The number of hydrogen-bond donors (Lipinski definition) is 3. The third kappa shape index (κ3) is 3.95. The van der Waals surface area contributed by atoms with E-state index in [-0.39, 0.29) is 24.5 Å². The lowest BCUT2D eigenvalue weighted by Crippen LogP contribution is -2.30. The van der Waals surface area contributed by atoms with E-state index in [4.69, 9.17) is 9.84 Å². The Labute approximate surface area is 119 Å². The molecule has 1 heterocycles. The molecule has 0 atom stereocenters. The van der Waals surface area contributed by atoms with Crippen LogP contribution in [0, 0.1) is 5.41 Å². The fourth-order valence-electron chi connectivity index (χ4n) is 2.18. The second kappa shape index (κ2) is 6.24. The zero-order valence-electron chi connectivity index (χ0n) is 12.0. The molecule has 1 aliphatic heterocycles. The lowest BCUT2D eigenvalue weighted by atomic mass is 9.90. The molecule has 1 amide bonds. The number of aliphatic hydroxyl groups is 1. The number of nitrogens with one attached hydrogen (secondary N) is 2. The maximum Gasteiger partial charge on any atom is 0.262 e. The van der Waals surface area contributed by atoms with Crippen LogP contribution in [-0.2, 0) is 11.3 Å². The summed E-state index contributed by atoms with van der Waals surface area (Å²) in [5.41, 5.74) is 1.89. The van der Waals surface area contributed by atoms with Crippen molar-refractivity contribution in [1.29, 1.82) is 0 Å². The van der Waals surface area contributed by atoms with Crippen molar-refractivity contribution in [2.75, 3.05) is 25.1 Å². The second-order valence-corrected chi connectivity index (χ2v) is 5.91. The number of benzene rings is 1. The molecule has 1 aromatic carbocycles. The van der Waals surface area contributed by atoms with Crippen molar-refractivity contribution in [3.8, 4) is 5.75 Å². The largest absolute Gasteiger partial charge is 0.482 e. The molecule has 110 valence electrons. The van der Waals surface area contributed by atoms with Crippen molar-refractivity contribution in [3.63, 3.8) is 0 Å². The van der Waals surface area contributed by atoms with Crippen molar-refractivity contribution in [2.45, 2.75) is 26.8 Å².